The Bertz CT molecular complexity index is 536. The zero-order chi connectivity index (χ0) is 11.7. The van der Waals surface area contributed by atoms with Crippen LogP contribution < -0.4 is 4.90 Å². The quantitative estimate of drug-likeness (QED) is 0.806. The van der Waals surface area contributed by atoms with Gasteiger partial charge in [-0.3, -0.25) is 0 Å². The van der Waals surface area contributed by atoms with E-state index in [1.54, 1.807) is 6.07 Å². The molecule has 2 nitrogen and oxygen atoms in total. The largest absolute Gasteiger partial charge is 0.506 e. The van der Waals surface area contributed by atoms with Gasteiger partial charge in [-0.25, -0.2) is 0 Å². The molecule has 3 rings (SSSR count). The summed E-state index contributed by atoms with van der Waals surface area (Å²) in [6.07, 6.45) is 1.05. The van der Waals surface area contributed by atoms with Gasteiger partial charge in [0, 0.05) is 13.1 Å². The number of aromatic hydroxyl groups is 1. The first-order valence-corrected chi connectivity index (χ1v) is 5.94. The second-order valence-corrected chi connectivity index (χ2v) is 4.43. The minimum Gasteiger partial charge on any atom is -0.506 e. The van der Waals surface area contributed by atoms with E-state index in [2.05, 4.69) is 29.2 Å². The van der Waals surface area contributed by atoms with E-state index in [9.17, 15) is 5.11 Å². The van der Waals surface area contributed by atoms with Crippen LogP contribution in [-0.4, -0.2) is 11.7 Å². The molecule has 0 spiro atoms. The van der Waals surface area contributed by atoms with Gasteiger partial charge in [0.15, 0.2) is 0 Å². The van der Waals surface area contributed by atoms with Crippen molar-refractivity contribution in [2.24, 2.45) is 0 Å². The molecule has 0 aromatic heterocycles. The van der Waals surface area contributed by atoms with Crippen LogP contribution >= 0.6 is 0 Å². The Morgan fingerprint density at radius 3 is 2.41 bits per heavy atom. The topological polar surface area (TPSA) is 23.5 Å². The standard InChI is InChI=1S/C15H15NO/c17-15-8-4-3-7-14(15)16-10-9-12-5-1-2-6-13(12)11-16/h1-8,17H,9-11H2. The third-order valence-corrected chi connectivity index (χ3v) is 3.35. The van der Waals surface area contributed by atoms with Crippen molar-refractivity contribution in [1.82, 2.24) is 0 Å². The summed E-state index contributed by atoms with van der Waals surface area (Å²) in [5.74, 6) is 0.367. The molecule has 0 amide bonds. The van der Waals surface area contributed by atoms with E-state index in [-0.39, 0.29) is 0 Å². The van der Waals surface area contributed by atoms with E-state index >= 15 is 0 Å². The predicted molar refractivity (Wildman–Crippen MR) is 69.3 cm³/mol. The average molecular weight is 225 g/mol. The first-order chi connectivity index (χ1) is 8.34. The number of hydrogen-bond acceptors (Lipinski definition) is 2. The molecule has 17 heavy (non-hydrogen) atoms. The molecule has 1 N–H and O–H groups in total. The van der Waals surface area contributed by atoms with Crippen molar-refractivity contribution < 1.29 is 5.11 Å². The van der Waals surface area contributed by atoms with Crippen molar-refractivity contribution in [3.8, 4) is 5.75 Å². The maximum atomic E-state index is 9.87. The Hall–Kier alpha value is -1.96. The van der Waals surface area contributed by atoms with Gasteiger partial charge in [0.2, 0.25) is 0 Å². The molecule has 1 heterocycles. The summed E-state index contributed by atoms with van der Waals surface area (Å²) in [4.78, 5) is 2.23. The normalized spacial score (nSPS) is 14.5. The second kappa shape index (κ2) is 4.13. The van der Waals surface area contributed by atoms with Crippen LogP contribution in [0.4, 0.5) is 5.69 Å². The third-order valence-electron chi connectivity index (χ3n) is 3.35. The fourth-order valence-corrected chi connectivity index (χ4v) is 2.43. The second-order valence-electron chi connectivity index (χ2n) is 4.43. The van der Waals surface area contributed by atoms with Crippen LogP contribution in [0.5, 0.6) is 5.75 Å². The highest BCUT2D eigenvalue weighted by Gasteiger charge is 2.17. The lowest BCUT2D eigenvalue weighted by atomic mass is 9.99. The van der Waals surface area contributed by atoms with Gasteiger partial charge in [0.25, 0.3) is 0 Å². The summed E-state index contributed by atoms with van der Waals surface area (Å²) in [5.41, 5.74) is 3.73. The Kier molecular flexibility index (Phi) is 2.48. The molecular formula is C15H15NO. The molecule has 0 unspecified atom stereocenters. The fourth-order valence-electron chi connectivity index (χ4n) is 2.43. The minimum atomic E-state index is 0.367. The highest BCUT2D eigenvalue weighted by atomic mass is 16.3. The highest BCUT2D eigenvalue weighted by molar-refractivity contribution is 5.58. The predicted octanol–water partition coefficient (Wildman–Crippen LogP) is 2.95. The average Bonchev–Trinajstić information content (AvgIpc) is 2.39. The number of para-hydroxylation sites is 2. The maximum absolute atomic E-state index is 9.87. The van der Waals surface area contributed by atoms with E-state index < -0.39 is 0 Å². The summed E-state index contributed by atoms with van der Waals surface area (Å²) in [6.45, 7) is 1.85. The van der Waals surface area contributed by atoms with E-state index in [4.69, 9.17) is 0 Å². The molecule has 2 aromatic carbocycles. The molecule has 0 fully saturated rings. The van der Waals surface area contributed by atoms with Crippen molar-refractivity contribution in [3.05, 3.63) is 59.7 Å². The minimum absolute atomic E-state index is 0.367. The Labute approximate surface area is 101 Å². The number of benzene rings is 2. The van der Waals surface area contributed by atoms with Crippen LogP contribution in [0.1, 0.15) is 11.1 Å². The summed E-state index contributed by atoms with van der Waals surface area (Å²) in [5, 5.41) is 9.87. The molecule has 1 aliphatic rings. The summed E-state index contributed by atoms with van der Waals surface area (Å²) >= 11 is 0. The summed E-state index contributed by atoms with van der Waals surface area (Å²) < 4.78 is 0. The van der Waals surface area contributed by atoms with Crippen molar-refractivity contribution in [2.75, 3.05) is 11.4 Å². The molecule has 1 aliphatic heterocycles. The molecule has 0 aliphatic carbocycles. The first kappa shape index (κ1) is 10.2. The van der Waals surface area contributed by atoms with Crippen LogP contribution in [0, 0.1) is 0 Å². The van der Waals surface area contributed by atoms with Crippen molar-refractivity contribution in [3.63, 3.8) is 0 Å². The molecule has 0 atom stereocenters. The zero-order valence-electron chi connectivity index (χ0n) is 9.63. The third kappa shape index (κ3) is 1.86. The van der Waals surface area contributed by atoms with Gasteiger partial charge in [-0.1, -0.05) is 36.4 Å². The summed E-state index contributed by atoms with van der Waals surface area (Å²) in [7, 11) is 0. The van der Waals surface area contributed by atoms with Gasteiger partial charge in [0.05, 0.1) is 5.69 Å². The number of anilines is 1. The Morgan fingerprint density at radius 2 is 1.59 bits per heavy atom. The molecule has 0 bridgehead atoms. The van der Waals surface area contributed by atoms with Gasteiger partial charge in [-0.2, -0.15) is 0 Å². The van der Waals surface area contributed by atoms with E-state index in [0.717, 1.165) is 25.2 Å². The molecular weight excluding hydrogens is 210 g/mol. The number of fused-ring (bicyclic) bond motifs is 1. The zero-order valence-corrected chi connectivity index (χ0v) is 9.63. The van der Waals surface area contributed by atoms with Crippen molar-refractivity contribution in [2.45, 2.75) is 13.0 Å². The maximum Gasteiger partial charge on any atom is 0.138 e. The smallest absolute Gasteiger partial charge is 0.138 e. The highest BCUT2D eigenvalue weighted by Crippen LogP contribution is 2.30. The van der Waals surface area contributed by atoms with Crippen LogP contribution in [0.25, 0.3) is 0 Å². The molecule has 0 saturated carbocycles. The van der Waals surface area contributed by atoms with Gasteiger partial charge < -0.3 is 10.0 Å². The van der Waals surface area contributed by atoms with Gasteiger partial charge >= 0.3 is 0 Å². The molecule has 2 heteroatoms. The van der Waals surface area contributed by atoms with Gasteiger partial charge in [-0.15, -0.1) is 0 Å². The number of rotatable bonds is 1. The lowest BCUT2D eigenvalue weighted by Gasteiger charge is -2.31. The van der Waals surface area contributed by atoms with Crippen molar-refractivity contribution in [1.29, 1.82) is 0 Å². The van der Waals surface area contributed by atoms with Gasteiger partial charge in [-0.05, 0) is 29.7 Å². The van der Waals surface area contributed by atoms with Crippen LogP contribution in [0.3, 0.4) is 0 Å². The van der Waals surface area contributed by atoms with Crippen molar-refractivity contribution >= 4 is 5.69 Å². The molecule has 86 valence electrons. The lowest BCUT2D eigenvalue weighted by Crippen LogP contribution is -2.30. The van der Waals surface area contributed by atoms with Crippen LogP contribution in [0.15, 0.2) is 48.5 Å². The fraction of sp³-hybridized carbons (Fsp3) is 0.200. The van der Waals surface area contributed by atoms with E-state index in [0.29, 0.717) is 5.75 Å². The van der Waals surface area contributed by atoms with Gasteiger partial charge in [0.1, 0.15) is 5.75 Å². The number of phenols is 1. The van der Waals surface area contributed by atoms with Crippen LogP contribution in [-0.2, 0) is 13.0 Å². The molecule has 0 saturated heterocycles. The summed E-state index contributed by atoms with van der Waals surface area (Å²) in [6, 6.07) is 16.1. The Balaban J connectivity index is 1.92. The molecule has 2 aromatic rings. The number of nitrogens with zero attached hydrogens (tertiary/aromatic N) is 1. The monoisotopic (exact) mass is 225 g/mol. The number of hydrogen-bond donors (Lipinski definition) is 1. The first-order valence-electron chi connectivity index (χ1n) is 5.94. The Morgan fingerprint density at radius 1 is 0.882 bits per heavy atom. The van der Waals surface area contributed by atoms with E-state index in [1.165, 1.54) is 11.1 Å². The van der Waals surface area contributed by atoms with E-state index in [1.807, 2.05) is 18.2 Å². The van der Waals surface area contributed by atoms with Crippen LogP contribution in [0.2, 0.25) is 0 Å². The number of phenolic OH excluding ortho intramolecular Hbond substituents is 1. The lowest BCUT2D eigenvalue weighted by molar-refractivity contribution is 0.473. The SMILES string of the molecule is Oc1ccccc1N1CCc2ccccc2C1. The molecule has 0 radical (unpaired) electrons.